The smallest absolute Gasteiger partial charge is 0.168 e. The summed E-state index contributed by atoms with van der Waals surface area (Å²) in [4.78, 5) is 0. The Morgan fingerprint density at radius 3 is 2.79 bits per heavy atom. The lowest BCUT2D eigenvalue weighted by Gasteiger charge is -2.04. The molecule has 0 aliphatic rings. The quantitative estimate of drug-likeness (QED) is 0.692. The van der Waals surface area contributed by atoms with Crippen molar-refractivity contribution in [3.05, 3.63) is 5.69 Å². The minimum atomic E-state index is 0.499. The third-order valence-corrected chi connectivity index (χ3v) is 2.11. The van der Waals surface area contributed by atoms with E-state index in [4.69, 9.17) is 10.5 Å². The summed E-state index contributed by atoms with van der Waals surface area (Å²) in [6.45, 7) is 6.26. The minimum Gasteiger partial charge on any atom is -0.381 e. The standard InChI is InChI=1S/C9H18N4O/c1-3-4-6-14-7-5-13-8(2)9(10)11-12-13/h3-7,10H2,1-2H3. The van der Waals surface area contributed by atoms with E-state index in [0.717, 1.165) is 31.7 Å². The molecule has 1 rings (SSSR count). The maximum Gasteiger partial charge on any atom is 0.168 e. The van der Waals surface area contributed by atoms with Crippen LogP contribution in [0.2, 0.25) is 0 Å². The SMILES string of the molecule is CCCCOCCn1nnc(N)c1C. The Morgan fingerprint density at radius 2 is 2.21 bits per heavy atom. The lowest BCUT2D eigenvalue weighted by Crippen LogP contribution is -2.09. The van der Waals surface area contributed by atoms with Crippen LogP contribution in [0.3, 0.4) is 0 Å². The first-order valence-corrected chi connectivity index (χ1v) is 4.99. The second kappa shape index (κ2) is 5.59. The molecule has 5 nitrogen and oxygen atoms in total. The van der Waals surface area contributed by atoms with Crippen LogP contribution in [0, 0.1) is 6.92 Å². The molecule has 0 unspecified atom stereocenters. The van der Waals surface area contributed by atoms with Gasteiger partial charge in [0.25, 0.3) is 0 Å². The van der Waals surface area contributed by atoms with Gasteiger partial charge in [-0.25, -0.2) is 4.68 Å². The summed E-state index contributed by atoms with van der Waals surface area (Å²) in [5, 5.41) is 7.66. The molecule has 1 aromatic heterocycles. The Morgan fingerprint density at radius 1 is 1.43 bits per heavy atom. The van der Waals surface area contributed by atoms with E-state index in [1.165, 1.54) is 0 Å². The highest BCUT2D eigenvalue weighted by Gasteiger charge is 2.03. The monoisotopic (exact) mass is 198 g/mol. The molecule has 1 heterocycles. The van der Waals surface area contributed by atoms with Crippen LogP contribution >= 0.6 is 0 Å². The van der Waals surface area contributed by atoms with Crippen LogP contribution in [0.1, 0.15) is 25.5 Å². The zero-order valence-corrected chi connectivity index (χ0v) is 8.86. The van der Waals surface area contributed by atoms with Gasteiger partial charge in [-0.15, -0.1) is 5.10 Å². The minimum absolute atomic E-state index is 0.499. The Balaban J connectivity index is 2.21. The van der Waals surface area contributed by atoms with Crippen molar-refractivity contribution in [2.75, 3.05) is 18.9 Å². The van der Waals surface area contributed by atoms with E-state index in [1.54, 1.807) is 4.68 Å². The number of hydrogen-bond acceptors (Lipinski definition) is 4. The summed E-state index contributed by atoms with van der Waals surface area (Å²) in [6, 6.07) is 0. The fraction of sp³-hybridized carbons (Fsp3) is 0.778. The summed E-state index contributed by atoms with van der Waals surface area (Å²) in [7, 11) is 0. The number of aromatic nitrogens is 3. The highest BCUT2D eigenvalue weighted by Crippen LogP contribution is 2.03. The first kappa shape index (κ1) is 11.0. The molecule has 1 aromatic rings. The molecule has 0 aliphatic carbocycles. The van der Waals surface area contributed by atoms with E-state index in [-0.39, 0.29) is 0 Å². The van der Waals surface area contributed by atoms with Crippen molar-refractivity contribution in [2.24, 2.45) is 0 Å². The van der Waals surface area contributed by atoms with Gasteiger partial charge in [0, 0.05) is 6.61 Å². The highest BCUT2D eigenvalue weighted by molar-refractivity contribution is 5.31. The average molecular weight is 198 g/mol. The van der Waals surface area contributed by atoms with Crippen molar-refractivity contribution in [3.63, 3.8) is 0 Å². The van der Waals surface area contributed by atoms with Gasteiger partial charge >= 0.3 is 0 Å². The molecule has 0 aromatic carbocycles. The molecule has 80 valence electrons. The van der Waals surface area contributed by atoms with E-state index in [9.17, 15) is 0 Å². The van der Waals surface area contributed by atoms with Gasteiger partial charge in [0.05, 0.1) is 18.8 Å². The van der Waals surface area contributed by atoms with E-state index in [0.29, 0.717) is 12.4 Å². The van der Waals surface area contributed by atoms with Crippen LogP contribution in [0.5, 0.6) is 0 Å². The average Bonchev–Trinajstić information content (AvgIpc) is 2.49. The van der Waals surface area contributed by atoms with Crippen molar-refractivity contribution in [3.8, 4) is 0 Å². The van der Waals surface area contributed by atoms with Crippen molar-refractivity contribution >= 4 is 5.82 Å². The molecule has 0 aliphatic heterocycles. The topological polar surface area (TPSA) is 66.0 Å². The number of nitrogens with two attached hydrogens (primary N) is 1. The van der Waals surface area contributed by atoms with Crippen molar-refractivity contribution < 1.29 is 4.74 Å². The Kier molecular flexibility index (Phi) is 4.39. The number of anilines is 1. The Bertz CT molecular complexity index is 272. The summed E-state index contributed by atoms with van der Waals surface area (Å²) >= 11 is 0. The van der Waals surface area contributed by atoms with Crippen LogP contribution < -0.4 is 5.73 Å². The molecule has 2 N–H and O–H groups in total. The van der Waals surface area contributed by atoms with Crippen molar-refractivity contribution in [2.45, 2.75) is 33.2 Å². The molecule has 0 fully saturated rings. The first-order chi connectivity index (χ1) is 6.75. The number of nitrogen functional groups attached to an aromatic ring is 1. The van der Waals surface area contributed by atoms with Crippen LogP contribution in [0.25, 0.3) is 0 Å². The fourth-order valence-corrected chi connectivity index (χ4v) is 1.09. The van der Waals surface area contributed by atoms with Crippen LogP contribution in [-0.4, -0.2) is 28.2 Å². The van der Waals surface area contributed by atoms with Gasteiger partial charge in [-0.1, -0.05) is 18.6 Å². The molecule has 0 saturated carbocycles. The zero-order valence-electron chi connectivity index (χ0n) is 8.86. The number of hydrogen-bond donors (Lipinski definition) is 1. The summed E-state index contributed by atoms with van der Waals surface area (Å²) < 4.78 is 7.18. The molecular weight excluding hydrogens is 180 g/mol. The number of rotatable bonds is 6. The molecule has 0 saturated heterocycles. The van der Waals surface area contributed by atoms with Crippen LogP contribution in [0.15, 0.2) is 0 Å². The van der Waals surface area contributed by atoms with Gasteiger partial charge in [-0.3, -0.25) is 0 Å². The third kappa shape index (κ3) is 2.99. The molecule has 0 bridgehead atoms. The van der Waals surface area contributed by atoms with Crippen LogP contribution in [0.4, 0.5) is 5.82 Å². The Hall–Kier alpha value is -1.10. The second-order valence-corrected chi connectivity index (χ2v) is 3.25. The summed E-state index contributed by atoms with van der Waals surface area (Å²) in [5.74, 6) is 0.499. The summed E-state index contributed by atoms with van der Waals surface area (Å²) in [6.07, 6.45) is 2.27. The molecule has 0 amide bonds. The van der Waals surface area contributed by atoms with E-state index < -0.39 is 0 Å². The molecule has 0 atom stereocenters. The lowest BCUT2D eigenvalue weighted by atomic mass is 10.4. The van der Waals surface area contributed by atoms with Gasteiger partial charge in [0.2, 0.25) is 0 Å². The Labute approximate surface area is 84.2 Å². The van der Waals surface area contributed by atoms with Crippen molar-refractivity contribution in [1.29, 1.82) is 0 Å². The number of nitrogens with zero attached hydrogens (tertiary/aromatic N) is 3. The first-order valence-electron chi connectivity index (χ1n) is 4.99. The highest BCUT2D eigenvalue weighted by atomic mass is 16.5. The van der Waals surface area contributed by atoms with E-state index >= 15 is 0 Å². The number of ether oxygens (including phenoxy) is 1. The number of unbranched alkanes of at least 4 members (excludes halogenated alkanes) is 1. The zero-order chi connectivity index (χ0) is 10.4. The van der Waals surface area contributed by atoms with Crippen molar-refractivity contribution in [1.82, 2.24) is 15.0 Å². The van der Waals surface area contributed by atoms with E-state index in [1.807, 2.05) is 6.92 Å². The van der Waals surface area contributed by atoms with Gasteiger partial charge in [0.15, 0.2) is 5.82 Å². The molecule has 0 radical (unpaired) electrons. The predicted octanol–water partition coefficient (Wildman–Crippen LogP) is 0.985. The summed E-state index contributed by atoms with van der Waals surface area (Å²) in [5.41, 5.74) is 6.46. The molecule has 14 heavy (non-hydrogen) atoms. The maximum absolute atomic E-state index is 5.56. The molecule has 0 spiro atoms. The van der Waals surface area contributed by atoms with Crippen LogP contribution in [-0.2, 0) is 11.3 Å². The second-order valence-electron chi connectivity index (χ2n) is 3.25. The lowest BCUT2D eigenvalue weighted by molar-refractivity contribution is 0.120. The predicted molar refractivity (Wildman–Crippen MR) is 54.9 cm³/mol. The maximum atomic E-state index is 5.56. The van der Waals surface area contributed by atoms with Gasteiger partial charge in [0.1, 0.15) is 0 Å². The largest absolute Gasteiger partial charge is 0.381 e. The van der Waals surface area contributed by atoms with Gasteiger partial charge in [-0.05, 0) is 13.3 Å². The normalized spacial score (nSPS) is 10.7. The molecule has 5 heteroatoms. The molecular formula is C9H18N4O. The fourth-order valence-electron chi connectivity index (χ4n) is 1.09. The van der Waals surface area contributed by atoms with Gasteiger partial charge in [-0.2, -0.15) is 0 Å². The third-order valence-electron chi connectivity index (χ3n) is 2.11. The van der Waals surface area contributed by atoms with E-state index in [2.05, 4.69) is 17.2 Å². The van der Waals surface area contributed by atoms with Gasteiger partial charge < -0.3 is 10.5 Å².